The molecule has 0 aromatic heterocycles. The van der Waals surface area contributed by atoms with Crippen molar-refractivity contribution in [2.24, 2.45) is 5.73 Å². The van der Waals surface area contributed by atoms with Crippen LogP contribution in [0, 0.1) is 12.7 Å². The zero-order chi connectivity index (χ0) is 13.7. The molecule has 0 unspecified atom stereocenters. The van der Waals surface area contributed by atoms with Gasteiger partial charge in [0.05, 0.1) is 0 Å². The van der Waals surface area contributed by atoms with Gasteiger partial charge in [-0.3, -0.25) is 4.90 Å². The third-order valence-corrected chi connectivity index (χ3v) is 3.77. The lowest BCUT2D eigenvalue weighted by molar-refractivity contribution is 0.126. The second-order valence-electron chi connectivity index (χ2n) is 5.34. The molecule has 0 spiro atoms. The van der Waals surface area contributed by atoms with Crippen molar-refractivity contribution in [3.8, 4) is 0 Å². The molecule has 0 amide bonds. The molecule has 1 saturated heterocycles. The van der Waals surface area contributed by atoms with E-state index in [1.165, 1.54) is 5.56 Å². The highest BCUT2D eigenvalue weighted by atomic mass is 19.1. The largest absolute Gasteiger partial charge is 0.330 e. The fourth-order valence-electron chi connectivity index (χ4n) is 2.55. The Kier molecular flexibility index (Phi) is 5.31. The first-order chi connectivity index (χ1) is 9.19. The summed E-state index contributed by atoms with van der Waals surface area (Å²) in [6.07, 6.45) is 1.08. The van der Waals surface area contributed by atoms with Crippen molar-refractivity contribution >= 4 is 0 Å². The lowest BCUT2D eigenvalue weighted by Gasteiger charge is -2.34. The van der Waals surface area contributed by atoms with Crippen molar-refractivity contribution in [2.45, 2.75) is 19.9 Å². The summed E-state index contributed by atoms with van der Waals surface area (Å²) in [7, 11) is 0. The van der Waals surface area contributed by atoms with Crippen molar-refractivity contribution < 1.29 is 4.39 Å². The Balaban J connectivity index is 1.80. The Morgan fingerprint density at radius 2 is 1.84 bits per heavy atom. The lowest BCUT2D eigenvalue weighted by Crippen LogP contribution is -2.46. The monoisotopic (exact) mass is 265 g/mol. The van der Waals surface area contributed by atoms with Crippen molar-refractivity contribution in [1.82, 2.24) is 9.80 Å². The number of benzene rings is 1. The van der Waals surface area contributed by atoms with Gasteiger partial charge in [0.2, 0.25) is 0 Å². The minimum Gasteiger partial charge on any atom is -0.330 e. The third-order valence-electron chi connectivity index (χ3n) is 3.77. The molecular formula is C15H24FN3. The Hall–Kier alpha value is -0.970. The number of piperazine rings is 1. The van der Waals surface area contributed by atoms with Gasteiger partial charge in [0.1, 0.15) is 5.82 Å². The molecule has 19 heavy (non-hydrogen) atoms. The van der Waals surface area contributed by atoms with E-state index in [1.807, 2.05) is 19.1 Å². The van der Waals surface area contributed by atoms with E-state index in [0.717, 1.165) is 57.8 Å². The highest BCUT2D eigenvalue weighted by Gasteiger charge is 2.16. The highest BCUT2D eigenvalue weighted by Crippen LogP contribution is 2.13. The van der Waals surface area contributed by atoms with Crippen molar-refractivity contribution in [3.05, 3.63) is 35.1 Å². The minimum absolute atomic E-state index is 0.115. The molecule has 0 atom stereocenters. The van der Waals surface area contributed by atoms with Gasteiger partial charge in [-0.15, -0.1) is 0 Å². The van der Waals surface area contributed by atoms with Gasteiger partial charge in [-0.2, -0.15) is 0 Å². The molecule has 4 heteroatoms. The standard InChI is InChI=1S/C15H24FN3/c1-13-11-14(3-4-15(13)16)12-19-9-7-18(8-10-19)6-2-5-17/h3-4,11H,2,5-10,12,17H2,1H3. The van der Waals surface area contributed by atoms with Crippen LogP contribution in [0.25, 0.3) is 0 Å². The quantitative estimate of drug-likeness (QED) is 0.878. The smallest absolute Gasteiger partial charge is 0.126 e. The first-order valence-corrected chi connectivity index (χ1v) is 7.09. The maximum atomic E-state index is 13.2. The van der Waals surface area contributed by atoms with Crippen LogP contribution in [0.15, 0.2) is 18.2 Å². The molecule has 1 aliphatic rings. The summed E-state index contributed by atoms with van der Waals surface area (Å²) in [6.45, 7) is 9.02. The van der Waals surface area contributed by atoms with E-state index < -0.39 is 0 Å². The number of nitrogens with zero attached hydrogens (tertiary/aromatic N) is 2. The van der Waals surface area contributed by atoms with E-state index in [4.69, 9.17) is 5.73 Å². The van der Waals surface area contributed by atoms with Gasteiger partial charge >= 0.3 is 0 Å². The zero-order valence-corrected chi connectivity index (χ0v) is 11.7. The van der Waals surface area contributed by atoms with E-state index >= 15 is 0 Å². The van der Waals surface area contributed by atoms with E-state index in [-0.39, 0.29) is 5.82 Å². The van der Waals surface area contributed by atoms with Gasteiger partial charge in [-0.1, -0.05) is 12.1 Å². The first-order valence-electron chi connectivity index (χ1n) is 7.09. The van der Waals surface area contributed by atoms with Crippen LogP contribution in [0.2, 0.25) is 0 Å². The summed E-state index contributed by atoms with van der Waals surface area (Å²) in [5.74, 6) is -0.115. The average molecular weight is 265 g/mol. The average Bonchev–Trinajstić information content (AvgIpc) is 2.42. The van der Waals surface area contributed by atoms with Crippen LogP contribution in [-0.4, -0.2) is 49.1 Å². The van der Waals surface area contributed by atoms with Crippen LogP contribution in [-0.2, 0) is 6.54 Å². The Labute approximate surface area is 115 Å². The Bertz CT molecular complexity index is 400. The van der Waals surface area contributed by atoms with Gasteiger partial charge in [-0.05, 0) is 43.6 Å². The normalized spacial score (nSPS) is 17.8. The zero-order valence-electron chi connectivity index (χ0n) is 11.7. The highest BCUT2D eigenvalue weighted by molar-refractivity contribution is 5.23. The molecule has 1 aromatic rings. The van der Waals surface area contributed by atoms with Gasteiger partial charge < -0.3 is 10.6 Å². The summed E-state index contributed by atoms with van der Waals surface area (Å²) in [5, 5.41) is 0. The van der Waals surface area contributed by atoms with E-state index in [9.17, 15) is 4.39 Å². The first kappa shape index (κ1) is 14.4. The van der Waals surface area contributed by atoms with Crippen LogP contribution in [0.3, 0.4) is 0 Å². The van der Waals surface area contributed by atoms with Crippen molar-refractivity contribution in [1.29, 1.82) is 0 Å². The minimum atomic E-state index is -0.115. The fourth-order valence-corrected chi connectivity index (χ4v) is 2.55. The number of hydrogen-bond acceptors (Lipinski definition) is 3. The van der Waals surface area contributed by atoms with Crippen LogP contribution >= 0.6 is 0 Å². The summed E-state index contributed by atoms with van der Waals surface area (Å²) in [5.41, 5.74) is 7.47. The summed E-state index contributed by atoms with van der Waals surface area (Å²) in [4.78, 5) is 4.91. The van der Waals surface area contributed by atoms with Gasteiger partial charge in [0.15, 0.2) is 0 Å². The molecule has 0 aliphatic carbocycles. The van der Waals surface area contributed by atoms with Crippen LogP contribution < -0.4 is 5.73 Å². The second kappa shape index (κ2) is 6.98. The topological polar surface area (TPSA) is 32.5 Å². The van der Waals surface area contributed by atoms with E-state index in [1.54, 1.807) is 6.07 Å². The fraction of sp³-hybridized carbons (Fsp3) is 0.600. The molecule has 1 aromatic carbocycles. The Morgan fingerprint density at radius 3 is 2.47 bits per heavy atom. The summed E-state index contributed by atoms with van der Waals surface area (Å²) < 4.78 is 13.2. The van der Waals surface area contributed by atoms with Crippen LogP contribution in [0.4, 0.5) is 4.39 Å². The maximum Gasteiger partial charge on any atom is 0.126 e. The van der Waals surface area contributed by atoms with E-state index in [0.29, 0.717) is 0 Å². The van der Waals surface area contributed by atoms with Crippen molar-refractivity contribution in [3.63, 3.8) is 0 Å². The molecule has 2 N–H and O–H groups in total. The van der Waals surface area contributed by atoms with Gasteiger partial charge in [0.25, 0.3) is 0 Å². The molecule has 1 heterocycles. The van der Waals surface area contributed by atoms with E-state index in [2.05, 4.69) is 9.80 Å². The predicted molar refractivity (Wildman–Crippen MR) is 76.5 cm³/mol. The number of rotatable bonds is 5. The van der Waals surface area contributed by atoms with Gasteiger partial charge in [-0.25, -0.2) is 4.39 Å². The molecule has 0 radical (unpaired) electrons. The predicted octanol–water partition coefficient (Wildman–Crippen LogP) is 1.60. The van der Waals surface area contributed by atoms with Crippen molar-refractivity contribution in [2.75, 3.05) is 39.3 Å². The number of aryl methyl sites for hydroxylation is 1. The molecular weight excluding hydrogens is 241 g/mol. The maximum absolute atomic E-state index is 13.2. The summed E-state index contributed by atoms with van der Waals surface area (Å²) >= 11 is 0. The molecule has 0 saturated carbocycles. The third kappa shape index (κ3) is 4.27. The molecule has 0 bridgehead atoms. The van der Waals surface area contributed by atoms with Crippen LogP contribution in [0.5, 0.6) is 0 Å². The number of hydrogen-bond donors (Lipinski definition) is 1. The SMILES string of the molecule is Cc1cc(CN2CCN(CCCN)CC2)ccc1F. The lowest BCUT2D eigenvalue weighted by atomic mass is 10.1. The number of halogens is 1. The molecule has 106 valence electrons. The summed E-state index contributed by atoms with van der Waals surface area (Å²) in [6, 6.07) is 5.42. The Morgan fingerprint density at radius 1 is 1.16 bits per heavy atom. The second-order valence-corrected chi connectivity index (χ2v) is 5.34. The number of nitrogens with two attached hydrogens (primary N) is 1. The molecule has 2 rings (SSSR count). The molecule has 1 aliphatic heterocycles. The molecule has 3 nitrogen and oxygen atoms in total. The van der Waals surface area contributed by atoms with Gasteiger partial charge in [0, 0.05) is 32.7 Å². The molecule has 1 fully saturated rings. The van der Waals surface area contributed by atoms with Crippen LogP contribution in [0.1, 0.15) is 17.5 Å².